The Morgan fingerprint density at radius 3 is 2.79 bits per heavy atom. The second kappa shape index (κ2) is 7.11. The van der Waals surface area contributed by atoms with E-state index in [0.717, 1.165) is 35.2 Å². The molecule has 104 valence electrons. The maximum absolute atomic E-state index is 6.05. The van der Waals surface area contributed by atoms with E-state index < -0.39 is 0 Å². The van der Waals surface area contributed by atoms with Gasteiger partial charge in [-0.1, -0.05) is 38.8 Å². The molecule has 2 rings (SSSR count). The molecular weight excluding hydrogens is 302 g/mol. The molecule has 1 N–H and O–H groups in total. The quantitative estimate of drug-likeness (QED) is 0.735. The zero-order valence-electron chi connectivity index (χ0n) is 11.7. The molecule has 1 aromatic heterocycles. The van der Waals surface area contributed by atoms with Gasteiger partial charge in [-0.15, -0.1) is 0 Å². The summed E-state index contributed by atoms with van der Waals surface area (Å²) >= 11 is 3.55. The number of unbranched alkanes of at least 4 members (excludes halogenated alkanes) is 1. The molecule has 1 aromatic carbocycles. The second-order valence-electron chi connectivity index (χ2n) is 4.96. The number of hydrogen-bond donors (Lipinski definition) is 1. The SMILES string of the molecule is CCCCC(NCCC)c1cc2cccc(Br)c2o1. The van der Waals surface area contributed by atoms with Gasteiger partial charge in [-0.2, -0.15) is 0 Å². The van der Waals surface area contributed by atoms with Crippen LogP contribution in [0.1, 0.15) is 51.3 Å². The van der Waals surface area contributed by atoms with Crippen LogP contribution in [0, 0.1) is 0 Å². The Balaban J connectivity index is 2.24. The van der Waals surface area contributed by atoms with Gasteiger partial charge in [0.05, 0.1) is 10.5 Å². The summed E-state index contributed by atoms with van der Waals surface area (Å²) < 4.78 is 7.07. The molecule has 0 saturated carbocycles. The van der Waals surface area contributed by atoms with Crippen LogP contribution >= 0.6 is 15.9 Å². The van der Waals surface area contributed by atoms with Crippen molar-refractivity contribution in [1.82, 2.24) is 5.32 Å². The van der Waals surface area contributed by atoms with Gasteiger partial charge in [-0.05, 0) is 47.4 Å². The van der Waals surface area contributed by atoms with Crippen LogP contribution in [0.2, 0.25) is 0 Å². The molecule has 19 heavy (non-hydrogen) atoms. The zero-order valence-corrected chi connectivity index (χ0v) is 13.3. The minimum Gasteiger partial charge on any atom is -0.458 e. The van der Waals surface area contributed by atoms with Crippen molar-refractivity contribution in [3.05, 3.63) is 34.5 Å². The van der Waals surface area contributed by atoms with Gasteiger partial charge in [0.1, 0.15) is 11.3 Å². The lowest BCUT2D eigenvalue weighted by atomic mass is 10.1. The molecule has 0 aliphatic heterocycles. The van der Waals surface area contributed by atoms with E-state index in [2.05, 4.69) is 47.2 Å². The highest BCUT2D eigenvalue weighted by molar-refractivity contribution is 9.10. The average Bonchev–Trinajstić information content (AvgIpc) is 2.84. The predicted molar refractivity (Wildman–Crippen MR) is 84.5 cm³/mol. The van der Waals surface area contributed by atoms with E-state index in [9.17, 15) is 0 Å². The van der Waals surface area contributed by atoms with Gasteiger partial charge >= 0.3 is 0 Å². The van der Waals surface area contributed by atoms with Crippen molar-refractivity contribution in [3.63, 3.8) is 0 Å². The van der Waals surface area contributed by atoms with E-state index in [1.165, 1.54) is 18.2 Å². The van der Waals surface area contributed by atoms with Crippen molar-refractivity contribution in [2.24, 2.45) is 0 Å². The lowest BCUT2D eigenvalue weighted by Gasteiger charge is -2.15. The second-order valence-corrected chi connectivity index (χ2v) is 5.81. The van der Waals surface area contributed by atoms with Gasteiger partial charge < -0.3 is 9.73 Å². The molecule has 0 aliphatic carbocycles. The summed E-state index contributed by atoms with van der Waals surface area (Å²) in [5, 5.41) is 4.76. The van der Waals surface area contributed by atoms with Crippen molar-refractivity contribution in [2.45, 2.75) is 45.6 Å². The van der Waals surface area contributed by atoms with Crippen molar-refractivity contribution in [3.8, 4) is 0 Å². The van der Waals surface area contributed by atoms with Crippen LogP contribution in [0.15, 0.2) is 33.2 Å². The number of halogens is 1. The zero-order chi connectivity index (χ0) is 13.7. The first-order valence-corrected chi connectivity index (χ1v) is 7.96. The average molecular weight is 324 g/mol. The van der Waals surface area contributed by atoms with Gasteiger partial charge in [0.25, 0.3) is 0 Å². The molecule has 2 nitrogen and oxygen atoms in total. The van der Waals surface area contributed by atoms with Crippen LogP contribution in [-0.2, 0) is 0 Å². The smallest absolute Gasteiger partial charge is 0.148 e. The Kier molecular flexibility index (Phi) is 5.46. The van der Waals surface area contributed by atoms with Crippen LogP contribution in [0.5, 0.6) is 0 Å². The Labute approximate surface area is 123 Å². The van der Waals surface area contributed by atoms with Gasteiger partial charge in [0.15, 0.2) is 0 Å². The fourth-order valence-corrected chi connectivity index (χ4v) is 2.75. The van der Waals surface area contributed by atoms with E-state index in [0.29, 0.717) is 6.04 Å². The highest BCUT2D eigenvalue weighted by Gasteiger charge is 2.16. The van der Waals surface area contributed by atoms with Gasteiger partial charge in [-0.25, -0.2) is 0 Å². The van der Waals surface area contributed by atoms with Crippen LogP contribution in [0.3, 0.4) is 0 Å². The fraction of sp³-hybridized carbons (Fsp3) is 0.500. The predicted octanol–water partition coefficient (Wildman–Crippen LogP) is 5.43. The maximum Gasteiger partial charge on any atom is 0.148 e. The third kappa shape index (κ3) is 3.61. The molecule has 1 atom stereocenters. The van der Waals surface area contributed by atoms with Crippen LogP contribution in [0.25, 0.3) is 11.0 Å². The number of hydrogen-bond acceptors (Lipinski definition) is 2. The Bertz CT molecular complexity index is 512. The molecule has 1 heterocycles. The van der Waals surface area contributed by atoms with Crippen LogP contribution < -0.4 is 5.32 Å². The molecule has 0 fully saturated rings. The first kappa shape index (κ1) is 14.6. The molecule has 0 spiro atoms. The molecule has 0 saturated heterocycles. The number of furan rings is 1. The highest BCUT2D eigenvalue weighted by Crippen LogP contribution is 2.31. The van der Waals surface area contributed by atoms with Crippen molar-refractivity contribution < 1.29 is 4.42 Å². The molecule has 3 heteroatoms. The minimum atomic E-state index is 0.333. The van der Waals surface area contributed by atoms with E-state index in [4.69, 9.17) is 4.42 Å². The Hall–Kier alpha value is -0.800. The fourth-order valence-electron chi connectivity index (χ4n) is 2.29. The summed E-state index contributed by atoms with van der Waals surface area (Å²) in [6.45, 7) is 5.46. The lowest BCUT2D eigenvalue weighted by molar-refractivity contribution is 0.401. The number of rotatable bonds is 7. The monoisotopic (exact) mass is 323 g/mol. The molecule has 0 aliphatic rings. The number of para-hydroxylation sites is 1. The third-order valence-electron chi connectivity index (χ3n) is 3.35. The van der Waals surface area contributed by atoms with Crippen LogP contribution in [0.4, 0.5) is 0 Å². The summed E-state index contributed by atoms with van der Waals surface area (Å²) in [7, 11) is 0. The minimum absolute atomic E-state index is 0.333. The normalized spacial score (nSPS) is 13.0. The topological polar surface area (TPSA) is 25.2 Å². The largest absolute Gasteiger partial charge is 0.458 e. The summed E-state index contributed by atoms with van der Waals surface area (Å²) in [4.78, 5) is 0. The summed E-state index contributed by atoms with van der Waals surface area (Å²) in [5.41, 5.74) is 0.956. The lowest BCUT2D eigenvalue weighted by Crippen LogP contribution is -2.21. The molecule has 0 bridgehead atoms. The summed E-state index contributed by atoms with van der Waals surface area (Å²) in [6.07, 6.45) is 4.72. The molecular formula is C16H22BrNO. The van der Waals surface area contributed by atoms with Gasteiger partial charge in [0.2, 0.25) is 0 Å². The van der Waals surface area contributed by atoms with Gasteiger partial charge in [0, 0.05) is 5.39 Å². The summed E-state index contributed by atoms with van der Waals surface area (Å²) in [5.74, 6) is 1.06. The maximum atomic E-state index is 6.05. The van der Waals surface area contributed by atoms with Crippen molar-refractivity contribution in [2.75, 3.05) is 6.54 Å². The van der Waals surface area contributed by atoms with Crippen molar-refractivity contribution >= 4 is 26.9 Å². The first-order chi connectivity index (χ1) is 9.26. The Morgan fingerprint density at radius 2 is 2.11 bits per heavy atom. The van der Waals surface area contributed by atoms with E-state index in [1.54, 1.807) is 0 Å². The Morgan fingerprint density at radius 1 is 1.26 bits per heavy atom. The number of fused-ring (bicyclic) bond motifs is 1. The van der Waals surface area contributed by atoms with E-state index in [-0.39, 0.29) is 0 Å². The number of benzene rings is 1. The van der Waals surface area contributed by atoms with E-state index >= 15 is 0 Å². The van der Waals surface area contributed by atoms with Crippen LogP contribution in [-0.4, -0.2) is 6.54 Å². The molecule has 0 radical (unpaired) electrons. The standard InChI is InChI=1S/C16H22BrNO/c1-3-5-9-14(18-10-4-2)15-11-12-7-6-8-13(17)16(12)19-15/h6-8,11,14,18H,3-5,9-10H2,1-2H3. The van der Waals surface area contributed by atoms with E-state index in [1.807, 2.05) is 12.1 Å². The van der Waals surface area contributed by atoms with Gasteiger partial charge in [-0.3, -0.25) is 0 Å². The highest BCUT2D eigenvalue weighted by atomic mass is 79.9. The number of nitrogens with one attached hydrogen (secondary N) is 1. The summed E-state index contributed by atoms with van der Waals surface area (Å²) in [6, 6.07) is 8.68. The molecule has 2 aromatic rings. The molecule has 0 amide bonds. The molecule has 1 unspecified atom stereocenters. The van der Waals surface area contributed by atoms with Crippen molar-refractivity contribution in [1.29, 1.82) is 0 Å². The first-order valence-electron chi connectivity index (χ1n) is 7.17. The third-order valence-corrected chi connectivity index (χ3v) is 3.97.